The van der Waals surface area contributed by atoms with Crippen molar-refractivity contribution in [1.82, 2.24) is 9.97 Å². The van der Waals surface area contributed by atoms with Crippen LogP contribution in [0.1, 0.15) is 37.7 Å². The molecule has 0 radical (unpaired) electrons. The quantitative estimate of drug-likeness (QED) is 0.236. The topological polar surface area (TPSA) is 72.0 Å². The Bertz CT molecular complexity index is 1500. The van der Waals surface area contributed by atoms with Crippen LogP contribution in [-0.2, 0) is 10.9 Å². The second kappa shape index (κ2) is 9.71. The number of aryl methyl sites for hydroxylation is 2. The largest absolute Gasteiger partial charge is 0.465 e. The maximum Gasteiger partial charge on any atom is 0.416 e. The first-order valence-electron chi connectivity index (χ1n) is 10.3. The predicted molar refractivity (Wildman–Crippen MR) is 133 cm³/mol. The van der Waals surface area contributed by atoms with Crippen molar-refractivity contribution in [3.63, 3.8) is 0 Å². The van der Waals surface area contributed by atoms with E-state index in [2.05, 4.69) is 9.97 Å². The molecule has 1 N–H and O–H groups in total. The van der Waals surface area contributed by atoms with Gasteiger partial charge in [-0.15, -0.1) is 11.3 Å². The van der Waals surface area contributed by atoms with E-state index in [4.69, 9.17) is 4.74 Å². The summed E-state index contributed by atoms with van der Waals surface area (Å²) in [6, 6.07) is 11.5. The summed E-state index contributed by atoms with van der Waals surface area (Å²) in [5.74, 6) is -0.248. The predicted octanol–water partition coefficient (Wildman–Crippen LogP) is 6.70. The second-order valence-corrected chi connectivity index (χ2v) is 9.95. The van der Waals surface area contributed by atoms with Gasteiger partial charge in [0.15, 0.2) is 0 Å². The van der Waals surface area contributed by atoms with Gasteiger partial charge in [0, 0.05) is 9.77 Å². The van der Waals surface area contributed by atoms with E-state index >= 15 is 0 Å². The zero-order chi connectivity index (χ0) is 25.3. The molecule has 0 spiro atoms. The highest BCUT2D eigenvalue weighted by Crippen LogP contribution is 2.38. The van der Waals surface area contributed by atoms with Crippen LogP contribution in [0.3, 0.4) is 0 Å². The van der Waals surface area contributed by atoms with Crippen LogP contribution in [0.25, 0.3) is 21.2 Å². The molecular formula is C25H19F3N2O3S2. The monoisotopic (exact) mass is 516 g/mol. The number of thiophene rings is 1. The van der Waals surface area contributed by atoms with E-state index < -0.39 is 17.7 Å². The van der Waals surface area contributed by atoms with E-state index in [0.29, 0.717) is 31.1 Å². The van der Waals surface area contributed by atoms with Gasteiger partial charge >= 0.3 is 12.1 Å². The number of fused-ring (bicyclic) bond motifs is 1. The fourth-order valence-corrected chi connectivity index (χ4v) is 5.37. The van der Waals surface area contributed by atoms with Crippen LogP contribution in [0.2, 0.25) is 0 Å². The van der Waals surface area contributed by atoms with Gasteiger partial charge < -0.3 is 9.72 Å². The molecule has 4 rings (SSSR count). The van der Waals surface area contributed by atoms with Crippen molar-refractivity contribution in [3.05, 3.63) is 91.8 Å². The first-order chi connectivity index (χ1) is 16.6. The number of H-pyrrole nitrogens is 1. The highest BCUT2D eigenvalue weighted by atomic mass is 32.2. The molecule has 2 aromatic carbocycles. The normalized spacial score (nSPS) is 12.2. The van der Waals surface area contributed by atoms with Gasteiger partial charge in [0.25, 0.3) is 5.56 Å². The number of alkyl halides is 3. The molecule has 2 heterocycles. The van der Waals surface area contributed by atoms with Crippen LogP contribution in [0.15, 0.2) is 58.2 Å². The molecular weight excluding hydrogens is 497 g/mol. The highest BCUT2D eigenvalue weighted by Gasteiger charge is 2.30. The number of aromatic nitrogens is 2. The molecule has 0 unspecified atom stereocenters. The minimum Gasteiger partial charge on any atom is -0.465 e. The number of carbonyl (C=O) groups is 1. The van der Waals surface area contributed by atoms with Crippen molar-refractivity contribution in [2.45, 2.75) is 24.9 Å². The minimum atomic E-state index is -4.48. The maximum absolute atomic E-state index is 13.3. The Morgan fingerprint density at radius 3 is 2.51 bits per heavy atom. The molecule has 5 nitrogen and oxygen atoms in total. The summed E-state index contributed by atoms with van der Waals surface area (Å²) in [6.45, 7) is 3.75. The molecule has 4 aromatic rings. The molecule has 0 bridgehead atoms. The van der Waals surface area contributed by atoms with Gasteiger partial charge in [0.1, 0.15) is 10.7 Å². The van der Waals surface area contributed by atoms with E-state index in [1.54, 1.807) is 36.4 Å². The Hall–Kier alpha value is -3.37. The fraction of sp³-hybridized carbons (Fsp3) is 0.160. The number of aromatic amines is 1. The number of thioether (sulfide) groups is 1. The number of esters is 1. The molecule has 2 aromatic heterocycles. The Balaban J connectivity index is 1.83. The minimum absolute atomic E-state index is 0.239. The van der Waals surface area contributed by atoms with Crippen LogP contribution in [-0.4, -0.2) is 23.0 Å². The van der Waals surface area contributed by atoms with Crippen LogP contribution in [0.4, 0.5) is 13.2 Å². The van der Waals surface area contributed by atoms with Crippen molar-refractivity contribution in [2.24, 2.45) is 0 Å². The summed E-state index contributed by atoms with van der Waals surface area (Å²) < 4.78 is 44.5. The molecule has 0 atom stereocenters. The number of ether oxygens (including phenoxy) is 1. The summed E-state index contributed by atoms with van der Waals surface area (Å²) in [6.07, 6.45) is -2.79. The third-order valence-corrected chi connectivity index (χ3v) is 7.41. The van der Waals surface area contributed by atoms with Gasteiger partial charge in [-0.1, -0.05) is 30.0 Å². The average Bonchev–Trinajstić information content (AvgIpc) is 3.12. The average molecular weight is 517 g/mol. The third-order valence-electron chi connectivity index (χ3n) is 5.29. The number of benzene rings is 2. The molecule has 0 saturated heterocycles. The summed E-state index contributed by atoms with van der Waals surface area (Å²) in [4.78, 5) is 34.3. The molecule has 0 fully saturated rings. The number of nitrogens with zero attached hydrogens (tertiary/aromatic N) is 1. The lowest BCUT2D eigenvalue weighted by molar-refractivity contribution is -0.137. The van der Waals surface area contributed by atoms with E-state index in [1.807, 2.05) is 13.8 Å². The molecule has 0 amide bonds. The van der Waals surface area contributed by atoms with Gasteiger partial charge in [-0.25, -0.2) is 9.78 Å². The Morgan fingerprint density at radius 2 is 1.86 bits per heavy atom. The molecule has 10 heteroatoms. The number of nitrogens with one attached hydrogen (secondary N) is 1. The van der Waals surface area contributed by atoms with E-state index in [1.165, 1.54) is 24.5 Å². The maximum atomic E-state index is 13.3. The van der Waals surface area contributed by atoms with E-state index in [-0.39, 0.29) is 11.4 Å². The number of rotatable bonds is 5. The van der Waals surface area contributed by atoms with Crippen molar-refractivity contribution >= 4 is 50.3 Å². The zero-order valence-electron chi connectivity index (χ0n) is 18.8. The third kappa shape index (κ3) is 5.33. The Kier molecular flexibility index (Phi) is 6.86. The zero-order valence-corrected chi connectivity index (χ0v) is 20.5. The summed E-state index contributed by atoms with van der Waals surface area (Å²) >= 11 is 2.43. The number of hydrogen-bond acceptors (Lipinski definition) is 6. The molecule has 0 aliphatic heterocycles. The summed E-state index contributed by atoms with van der Waals surface area (Å²) in [5.41, 5.74) is 0.775. The van der Waals surface area contributed by atoms with Crippen LogP contribution >= 0.6 is 23.1 Å². The Labute approximate surface area is 206 Å². The molecule has 0 aliphatic rings. The number of methoxy groups -OCH3 is 1. The molecule has 180 valence electrons. The second-order valence-electron chi connectivity index (χ2n) is 7.63. The van der Waals surface area contributed by atoms with Crippen LogP contribution < -0.4 is 5.56 Å². The lowest BCUT2D eigenvalue weighted by Gasteiger charge is -2.11. The standard InChI is InChI=1S/C25H19F3N2O3S2/c1-13-14(2)34-23-20(13)22(31)29-21(30-23)19(11-15-7-9-16(10-8-15)24(32)33-3)35-18-6-4-5-17(12-18)25(26,27)28/h4-12H,1-3H3,(H,29,30,31)/b19-11-. The number of hydrogen-bond donors (Lipinski definition) is 1. The summed E-state index contributed by atoms with van der Waals surface area (Å²) in [7, 11) is 1.28. The lowest BCUT2D eigenvalue weighted by atomic mass is 10.1. The number of carbonyl (C=O) groups excluding carboxylic acids is 1. The highest BCUT2D eigenvalue weighted by molar-refractivity contribution is 8.08. The smallest absolute Gasteiger partial charge is 0.416 e. The van der Waals surface area contributed by atoms with E-state index in [9.17, 15) is 22.8 Å². The van der Waals surface area contributed by atoms with E-state index in [0.717, 1.165) is 34.3 Å². The van der Waals surface area contributed by atoms with Gasteiger partial charge in [-0.3, -0.25) is 4.79 Å². The van der Waals surface area contributed by atoms with Crippen molar-refractivity contribution in [3.8, 4) is 0 Å². The first-order valence-corrected chi connectivity index (χ1v) is 12.0. The van der Waals surface area contributed by atoms with Crippen LogP contribution in [0.5, 0.6) is 0 Å². The van der Waals surface area contributed by atoms with Crippen molar-refractivity contribution in [2.75, 3.05) is 7.11 Å². The van der Waals surface area contributed by atoms with Crippen molar-refractivity contribution in [1.29, 1.82) is 0 Å². The Morgan fingerprint density at radius 1 is 1.14 bits per heavy atom. The summed E-state index contributed by atoms with van der Waals surface area (Å²) in [5, 5.41) is 0.502. The number of halogens is 3. The van der Waals surface area contributed by atoms with Crippen molar-refractivity contribution < 1.29 is 22.7 Å². The van der Waals surface area contributed by atoms with Gasteiger partial charge in [0.05, 0.1) is 28.5 Å². The van der Waals surface area contributed by atoms with Gasteiger partial charge in [0.2, 0.25) is 0 Å². The van der Waals surface area contributed by atoms with Gasteiger partial charge in [-0.05, 0) is 61.4 Å². The van der Waals surface area contributed by atoms with Gasteiger partial charge in [-0.2, -0.15) is 13.2 Å². The lowest BCUT2D eigenvalue weighted by Crippen LogP contribution is -2.10. The molecule has 0 aliphatic carbocycles. The molecule has 35 heavy (non-hydrogen) atoms. The molecule has 0 saturated carbocycles. The van der Waals surface area contributed by atoms with Crippen LogP contribution in [0, 0.1) is 13.8 Å². The first kappa shape index (κ1) is 24.7. The SMILES string of the molecule is COC(=O)c1ccc(/C=C(\Sc2cccc(C(F)(F)F)c2)c2nc3sc(C)c(C)c3c(=O)[nH]2)cc1. The fourth-order valence-electron chi connectivity index (χ4n) is 3.37.